The molecule has 0 unspecified atom stereocenters. The van der Waals surface area contributed by atoms with E-state index in [2.05, 4.69) is 10.3 Å². The number of carbonyl (C=O) groups excluding carboxylic acids is 1. The normalized spacial score (nSPS) is 18.3. The van der Waals surface area contributed by atoms with Crippen LogP contribution in [0.15, 0.2) is 18.3 Å². The highest BCUT2D eigenvalue weighted by Gasteiger charge is 2.26. The first-order valence-corrected chi connectivity index (χ1v) is 7.67. The number of rotatable bonds is 4. The van der Waals surface area contributed by atoms with Crippen LogP contribution in [0, 0.1) is 12.8 Å². The van der Waals surface area contributed by atoms with Gasteiger partial charge in [-0.05, 0) is 57.2 Å². The molecule has 1 aliphatic heterocycles. The molecule has 6 heteroatoms. The van der Waals surface area contributed by atoms with E-state index >= 15 is 0 Å². The second-order valence-electron chi connectivity index (χ2n) is 6.11. The molecular formula is C16H25Cl2N3O. The van der Waals surface area contributed by atoms with Crippen LogP contribution in [0.5, 0.6) is 0 Å². The topological polar surface area (TPSA) is 45.2 Å². The first-order chi connectivity index (χ1) is 9.72. The summed E-state index contributed by atoms with van der Waals surface area (Å²) in [5.74, 6) is 1.05. The van der Waals surface area contributed by atoms with Crippen LogP contribution in [0.4, 0.5) is 0 Å². The van der Waals surface area contributed by atoms with Gasteiger partial charge in [0.1, 0.15) is 0 Å². The summed E-state index contributed by atoms with van der Waals surface area (Å²) in [7, 11) is 0. The monoisotopic (exact) mass is 345 g/mol. The number of aromatic nitrogens is 1. The van der Waals surface area contributed by atoms with Gasteiger partial charge in [-0.1, -0.05) is 0 Å². The highest BCUT2D eigenvalue weighted by Crippen LogP contribution is 2.28. The fourth-order valence-electron chi connectivity index (χ4n) is 2.72. The second-order valence-corrected chi connectivity index (χ2v) is 6.11. The molecule has 4 nitrogen and oxygen atoms in total. The van der Waals surface area contributed by atoms with Crippen molar-refractivity contribution < 1.29 is 4.79 Å². The van der Waals surface area contributed by atoms with Crippen LogP contribution in [-0.4, -0.2) is 41.5 Å². The first-order valence-electron chi connectivity index (χ1n) is 7.67. The number of hydrogen-bond acceptors (Lipinski definition) is 3. The maximum Gasteiger partial charge on any atom is 0.255 e. The molecule has 1 N–H and O–H groups in total. The highest BCUT2D eigenvalue weighted by atomic mass is 35.5. The lowest BCUT2D eigenvalue weighted by atomic mass is 10.0. The Kier molecular flexibility index (Phi) is 7.60. The summed E-state index contributed by atoms with van der Waals surface area (Å²) in [6, 6.07) is 4.37. The van der Waals surface area contributed by atoms with E-state index in [1.54, 1.807) is 6.20 Å². The Morgan fingerprint density at radius 3 is 2.45 bits per heavy atom. The summed E-state index contributed by atoms with van der Waals surface area (Å²) in [5, 5.41) is 3.64. The van der Waals surface area contributed by atoms with Crippen LogP contribution >= 0.6 is 24.8 Å². The van der Waals surface area contributed by atoms with Gasteiger partial charge in [-0.15, -0.1) is 24.8 Å². The van der Waals surface area contributed by atoms with Crippen LogP contribution < -0.4 is 5.32 Å². The van der Waals surface area contributed by atoms with Crippen molar-refractivity contribution in [3.05, 3.63) is 29.6 Å². The van der Waals surface area contributed by atoms with Crippen LogP contribution in [0.1, 0.15) is 41.7 Å². The zero-order valence-corrected chi connectivity index (χ0v) is 14.6. The molecule has 0 bridgehead atoms. The van der Waals surface area contributed by atoms with Crippen molar-refractivity contribution in [3.63, 3.8) is 0 Å². The molecule has 2 heterocycles. The summed E-state index contributed by atoms with van der Waals surface area (Å²) in [6.07, 6.45) is 6.61. The van der Waals surface area contributed by atoms with Crippen LogP contribution in [0.25, 0.3) is 0 Å². The third kappa shape index (κ3) is 5.11. The molecule has 2 fully saturated rings. The fourth-order valence-corrected chi connectivity index (χ4v) is 2.72. The molecule has 1 aromatic heterocycles. The lowest BCUT2D eigenvalue weighted by molar-refractivity contribution is 0.0704. The van der Waals surface area contributed by atoms with Gasteiger partial charge < -0.3 is 10.2 Å². The summed E-state index contributed by atoms with van der Waals surface area (Å²) < 4.78 is 0. The van der Waals surface area contributed by atoms with E-state index in [1.807, 2.05) is 24.0 Å². The number of hydrogen-bond donors (Lipinski definition) is 1. The van der Waals surface area contributed by atoms with E-state index in [1.165, 1.54) is 19.4 Å². The summed E-state index contributed by atoms with van der Waals surface area (Å²) >= 11 is 0. The molecule has 124 valence electrons. The van der Waals surface area contributed by atoms with Crippen molar-refractivity contribution in [2.24, 2.45) is 5.92 Å². The molecular weight excluding hydrogens is 321 g/mol. The molecule has 0 spiro atoms. The minimum Gasteiger partial charge on any atom is -0.338 e. The number of nitrogens with one attached hydrogen (secondary N) is 1. The Bertz CT molecular complexity index is 469. The van der Waals surface area contributed by atoms with Crippen LogP contribution in [0.3, 0.4) is 0 Å². The summed E-state index contributed by atoms with van der Waals surface area (Å²) in [4.78, 5) is 18.5. The van der Waals surface area contributed by atoms with Gasteiger partial charge in [0.25, 0.3) is 5.91 Å². The van der Waals surface area contributed by atoms with Crippen molar-refractivity contribution in [1.29, 1.82) is 0 Å². The van der Waals surface area contributed by atoms with E-state index in [4.69, 9.17) is 0 Å². The second kappa shape index (κ2) is 8.70. The quantitative estimate of drug-likeness (QED) is 0.912. The third-order valence-corrected chi connectivity index (χ3v) is 4.33. The van der Waals surface area contributed by atoms with Crippen molar-refractivity contribution in [1.82, 2.24) is 15.2 Å². The Hall–Kier alpha value is -0.840. The molecule has 1 aromatic rings. The largest absolute Gasteiger partial charge is 0.338 e. The molecule has 2 aliphatic rings. The minimum atomic E-state index is 0. The zero-order chi connectivity index (χ0) is 13.9. The Balaban J connectivity index is 0.00000121. The SMILES string of the molecule is Cc1ccc(C(=O)N2CCC(NCC3CC3)CC2)cn1.Cl.Cl. The lowest BCUT2D eigenvalue weighted by Gasteiger charge is -2.32. The average Bonchev–Trinajstić information content (AvgIpc) is 3.30. The maximum atomic E-state index is 12.4. The molecule has 0 atom stereocenters. The van der Waals surface area contributed by atoms with Gasteiger partial charge in [-0.25, -0.2) is 0 Å². The average molecular weight is 346 g/mol. The smallest absolute Gasteiger partial charge is 0.255 e. The van der Waals surface area contributed by atoms with E-state index in [0.29, 0.717) is 11.6 Å². The number of pyridine rings is 1. The molecule has 1 saturated heterocycles. The number of amides is 1. The van der Waals surface area contributed by atoms with Gasteiger partial charge in [0.15, 0.2) is 0 Å². The minimum absolute atomic E-state index is 0. The zero-order valence-electron chi connectivity index (χ0n) is 13.0. The van der Waals surface area contributed by atoms with Gasteiger partial charge in [-0.2, -0.15) is 0 Å². The number of carbonyl (C=O) groups is 1. The third-order valence-electron chi connectivity index (χ3n) is 4.33. The van der Waals surface area contributed by atoms with Gasteiger partial charge in [0.2, 0.25) is 0 Å². The molecule has 0 radical (unpaired) electrons. The number of likely N-dealkylation sites (tertiary alicyclic amines) is 1. The maximum absolute atomic E-state index is 12.4. The Morgan fingerprint density at radius 1 is 1.23 bits per heavy atom. The highest BCUT2D eigenvalue weighted by molar-refractivity contribution is 5.94. The number of nitrogens with zero attached hydrogens (tertiary/aromatic N) is 2. The predicted molar refractivity (Wildman–Crippen MR) is 93.1 cm³/mol. The molecule has 22 heavy (non-hydrogen) atoms. The van der Waals surface area contributed by atoms with Crippen LogP contribution in [-0.2, 0) is 0 Å². The van der Waals surface area contributed by atoms with E-state index in [0.717, 1.165) is 37.5 Å². The van der Waals surface area contributed by atoms with E-state index in [-0.39, 0.29) is 30.7 Å². The predicted octanol–water partition coefficient (Wildman–Crippen LogP) is 2.84. The van der Waals surface area contributed by atoms with Crippen molar-refractivity contribution in [2.75, 3.05) is 19.6 Å². The van der Waals surface area contributed by atoms with Crippen molar-refractivity contribution in [2.45, 2.75) is 38.6 Å². The van der Waals surface area contributed by atoms with E-state index < -0.39 is 0 Å². The number of piperidine rings is 1. The standard InChI is InChI=1S/C16H23N3O.2ClH/c1-12-2-5-14(11-17-12)16(20)19-8-6-15(7-9-19)18-10-13-3-4-13;;/h2,5,11,13,15,18H,3-4,6-10H2,1H3;2*1H. The molecule has 3 rings (SSSR count). The lowest BCUT2D eigenvalue weighted by Crippen LogP contribution is -2.45. The molecule has 1 aliphatic carbocycles. The van der Waals surface area contributed by atoms with Gasteiger partial charge >= 0.3 is 0 Å². The Morgan fingerprint density at radius 2 is 1.91 bits per heavy atom. The number of aryl methyl sites for hydroxylation is 1. The Labute approximate surface area is 144 Å². The van der Waals surface area contributed by atoms with E-state index in [9.17, 15) is 4.79 Å². The summed E-state index contributed by atoms with van der Waals surface area (Å²) in [6.45, 7) is 4.82. The van der Waals surface area contributed by atoms with Gasteiger partial charge in [-0.3, -0.25) is 9.78 Å². The fraction of sp³-hybridized carbons (Fsp3) is 0.625. The van der Waals surface area contributed by atoms with Crippen molar-refractivity contribution >= 4 is 30.7 Å². The molecule has 1 saturated carbocycles. The van der Waals surface area contributed by atoms with Gasteiger partial charge in [0.05, 0.1) is 5.56 Å². The first kappa shape index (κ1) is 19.2. The molecule has 1 amide bonds. The van der Waals surface area contributed by atoms with Crippen molar-refractivity contribution in [3.8, 4) is 0 Å². The molecule has 0 aromatic carbocycles. The summed E-state index contributed by atoms with van der Waals surface area (Å²) in [5.41, 5.74) is 1.66. The number of halogens is 2. The van der Waals surface area contributed by atoms with Crippen LogP contribution in [0.2, 0.25) is 0 Å². The van der Waals surface area contributed by atoms with Gasteiger partial charge in [0, 0.05) is 31.0 Å².